The summed E-state index contributed by atoms with van der Waals surface area (Å²) < 4.78 is 12.2. The van der Waals surface area contributed by atoms with E-state index in [1.54, 1.807) is 0 Å². The lowest BCUT2D eigenvalue weighted by atomic mass is 10.0. The number of unbranched alkanes of at least 4 members (excludes halogenated alkanes) is 2. The Bertz CT molecular complexity index is 195. The van der Waals surface area contributed by atoms with Crippen LogP contribution in [0.3, 0.4) is 0 Å². The van der Waals surface area contributed by atoms with Gasteiger partial charge >= 0.3 is 0 Å². The quantitative estimate of drug-likeness (QED) is 0.330. The fraction of sp³-hybridized carbons (Fsp3) is 1.00. The maximum absolute atomic E-state index is 6.08. The predicted molar refractivity (Wildman–Crippen MR) is 85.4 cm³/mol. The first-order chi connectivity index (χ1) is 9.29. The zero-order valence-electron chi connectivity index (χ0n) is 13.3. The van der Waals surface area contributed by atoms with Crippen LogP contribution in [0.15, 0.2) is 0 Å². The molecule has 1 saturated carbocycles. The summed E-state index contributed by atoms with van der Waals surface area (Å²) >= 11 is 0. The van der Waals surface area contributed by atoms with Crippen molar-refractivity contribution in [2.45, 2.75) is 89.6 Å². The second-order valence-corrected chi connectivity index (χ2v) is 9.28. The molecule has 0 aliphatic heterocycles. The summed E-state index contributed by atoms with van der Waals surface area (Å²) in [5.74, 6) is 0.168. The third-order valence-electron chi connectivity index (χ3n) is 4.38. The Morgan fingerprint density at radius 3 is 1.95 bits per heavy atom. The van der Waals surface area contributed by atoms with Crippen LogP contribution in [0.5, 0.6) is 0 Å². The van der Waals surface area contributed by atoms with Gasteiger partial charge in [-0.3, -0.25) is 0 Å². The third-order valence-corrected chi connectivity index (χ3v) is 7.78. The van der Waals surface area contributed by atoms with Gasteiger partial charge in [0.1, 0.15) is 14.7 Å². The normalized spacial score (nSPS) is 18.9. The minimum absolute atomic E-state index is 0.168. The molecule has 1 fully saturated rings. The van der Waals surface area contributed by atoms with Crippen LogP contribution >= 0.6 is 0 Å². The maximum atomic E-state index is 6.08. The highest BCUT2D eigenvalue weighted by atomic mass is 28.3. The van der Waals surface area contributed by atoms with E-state index in [9.17, 15) is 0 Å². The molecule has 1 atom stereocenters. The highest BCUT2D eigenvalue weighted by molar-refractivity contribution is 6.60. The van der Waals surface area contributed by atoms with E-state index >= 15 is 0 Å². The highest BCUT2D eigenvalue weighted by Gasteiger charge is 2.29. The van der Waals surface area contributed by atoms with Crippen molar-refractivity contribution in [3.05, 3.63) is 0 Å². The molecule has 0 radical (unpaired) electrons. The molecule has 0 aromatic heterocycles. The van der Waals surface area contributed by atoms with Gasteiger partial charge in [-0.15, -0.1) is 0 Å². The molecular formula is C16H34O2Si. The smallest absolute Gasteiger partial charge is 0.138 e. The molecule has 19 heavy (non-hydrogen) atoms. The topological polar surface area (TPSA) is 18.5 Å². The molecule has 0 saturated heterocycles. The molecule has 0 N–H and O–H groups in total. The number of rotatable bonds is 10. The van der Waals surface area contributed by atoms with Gasteiger partial charge in [-0.25, -0.2) is 0 Å². The monoisotopic (exact) mass is 286 g/mol. The number of ether oxygens (including phenoxy) is 2. The van der Waals surface area contributed by atoms with Gasteiger partial charge in [0, 0.05) is 13.2 Å². The van der Waals surface area contributed by atoms with Gasteiger partial charge in [-0.1, -0.05) is 65.3 Å². The molecule has 0 heterocycles. The van der Waals surface area contributed by atoms with Gasteiger partial charge in [0.25, 0.3) is 0 Å². The first-order valence-corrected chi connectivity index (χ1v) is 11.0. The van der Waals surface area contributed by atoms with Crippen LogP contribution in [0.2, 0.25) is 12.1 Å². The SMILES string of the molecule is CCCCOC(OCCCC)[SiH](C)C1CCCCC1. The first-order valence-electron chi connectivity index (χ1n) is 8.52. The van der Waals surface area contributed by atoms with Crippen molar-refractivity contribution in [3.63, 3.8) is 0 Å². The van der Waals surface area contributed by atoms with Crippen molar-refractivity contribution in [3.8, 4) is 0 Å². The maximum Gasteiger partial charge on any atom is 0.138 e. The standard InChI is InChI=1S/C16H34O2Si/c1-4-6-13-17-16(18-14-7-5-2)19(3)15-11-9-8-10-12-15/h15-16,19H,4-14H2,1-3H3. The predicted octanol–water partition coefficient (Wildman–Crippen LogP) is 4.68. The molecule has 1 aliphatic carbocycles. The molecule has 3 heteroatoms. The van der Waals surface area contributed by atoms with Crippen LogP contribution < -0.4 is 0 Å². The van der Waals surface area contributed by atoms with Gasteiger partial charge < -0.3 is 9.47 Å². The van der Waals surface area contributed by atoms with E-state index in [4.69, 9.17) is 9.47 Å². The van der Waals surface area contributed by atoms with Gasteiger partial charge in [0.05, 0.1) is 0 Å². The van der Waals surface area contributed by atoms with Crippen LogP contribution in [-0.2, 0) is 9.47 Å². The average molecular weight is 287 g/mol. The van der Waals surface area contributed by atoms with E-state index in [2.05, 4.69) is 20.4 Å². The Morgan fingerprint density at radius 2 is 1.47 bits per heavy atom. The molecule has 114 valence electrons. The van der Waals surface area contributed by atoms with Crippen molar-refractivity contribution in [2.24, 2.45) is 0 Å². The number of hydrogen-bond acceptors (Lipinski definition) is 2. The Kier molecular flexibility index (Phi) is 9.83. The lowest BCUT2D eigenvalue weighted by Crippen LogP contribution is -2.38. The summed E-state index contributed by atoms with van der Waals surface area (Å²) in [6, 6.07) is 0. The second kappa shape index (κ2) is 10.9. The van der Waals surface area contributed by atoms with E-state index in [1.165, 1.54) is 57.8 Å². The molecule has 0 bridgehead atoms. The molecule has 0 aromatic rings. The lowest BCUT2D eigenvalue weighted by molar-refractivity contribution is -0.0954. The van der Waals surface area contributed by atoms with Gasteiger partial charge in [-0.05, 0) is 18.4 Å². The highest BCUT2D eigenvalue weighted by Crippen LogP contribution is 2.33. The van der Waals surface area contributed by atoms with Crippen LogP contribution in [-0.4, -0.2) is 27.9 Å². The van der Waals surface area contributed by atoms with Crippen molar-refractivity contribution >= 4 is 8.80 Å². The fourth-order valence-electron chi connectivity index (χ4n) is 2.92. The first kappa shape index (κ1) is 17.2. The van der Waals surface area contributed by atoms with E-state index < -0.39 is 8.80 Å². The summed E-state index contributed by atoms with van der Waals surface area (Å²) in [7, 11) is -0.928. The third kappa shape index (κ3) is 6.91. The summed E-state index contributed by atoms with van der Waals surface area (Å²) in [5.41, 5.74) is 0.946. The van der Waals surface area contributed by atoms with Crippen molar-refractivity contribution < 1.29 is 9.47 Å². The summed E-state index contributed by atoms with van der Waals surface area (Å²) in [5, 5.41) is 0. The Balaban J connectivity index is 2.39. The Morgan fingerprint density at radius 1 is 0.947 bits per heavy atom. The lowest BCUT2D eigenvalue weighted by Gasteiger charge is -2.32. The van der Waals surface area contributed by atoms with Crippen molar-refractivity contribution in [2.75, 3.05) is 13.2 Å². The molecule has 1 unspecified atom stereocenters. The van der Waals surface area contributed by atoms with E-state index in [0.29, 0.717) is 0 Å². The molecule has 0 amide bonds. The zero-order chi connectivity index (χ0) is 13.9. The van der Waals surface area contributed by atoms with Gasteiger partial charge in [-0.2, -0.15) is 0 Å². The van der Waals surface area contributed by atoms with E-state index in [1.807, 2.05) is 0 Å². The van der Waals surface area contributed by atoms with Crippen molar-refractivity contribution in [1.29, 1.82) is 0 Å². The van der Waals surface area contributed by atoms with Gasteiger partial charge in [0.2, 0.25) is 0 Å². The van der Waals surface area contributed by atoms with Gasteiger partial charge in [0.15, 0.2) is 0 Å². The Hall–Kier alpha value is 0.137. The molecule has 2 nitrogen and oxygen atoms in total. The second-order valence-electron chi connectivity index (χ2n) is 6.07. The molecule has 0 aromatic carbocycles. The summed E-state index contributed by atoms with van der Waals surface area (Å²) in [4.78, 5) is 0. The number of hydrogen-bond donors (Lipinski definition) is 0. The fourth-order valence-corrected chi connectivity index (χ4v) is 5.77. The molecular weight excluding hydrogens is 252 g/mol. The van der Waals surface area contributed by atoms with Crippen LogP contribution in [0.1, 0.15) is 71.6 Å². The van der Waals surface area contributed by atoms with E-state index in [-0.39, 0.29) is 5.91 Å². The Labute approximate surface area is 121 Å². The zero-order valence-corrected chi connectivity index (χ0v) is 14.5. The molecule has 1 rings (SSSR count). The molecule has 0 spiro atoms. The largest absolute Gasteiger partial charge is 0.357 e. The summed E-state index contributed by atoms with van der Waals surface area (Å²) in [6.45, 7) is 8.68. The van der Waals surface area contributed by atoms with Crippen LogP contribution in [0.25, 0.3) is 0 Å². The molecule has 1 aliphatic rings. The van der Waals surface area contributed by atoms with Crippen molar-refractivity contribution in [1.82, 2.24) is 0 Å². The minimum Gasteiger partial charge on any atom is -0.357 e. The summed E-state index contributed by atoms with van der Waals surface area (Å²) in [6.07, 6.45) is 11.9. The average Bonchev–Trinajstić information content (AvgIpc) is 2.46. The van der Waals surface area contributed by atoms with Crippen LogP contribution in [0, 0.1) is 0 Å². The minimum atomic E-state index is -0.928. The van der Waals surface area contributed by atoms with E-state index in [0.717, 1.165) is 18.8 Å². The van der Waals surface area contributed by atoms with Crippen LogP contribution in [0.4, 0.5) is 0 Å².